The standard InChI is InChI=1S/C21H23N5O3S/c1-14-9-10-15(2)18(13-14)30(27,28)21-20-23-19(22-11-6-12-29-3)16-7-4-5-8-17(16)26(20)25-24-21/h4-5,7-10,13H,6,11-12H2,1-3H3,(H,22,23). The van der Waals surface area contributed by atoms with Gasteiger partial charge in [-0.1, -0.05) is 29.5 Å². The largest absolute Gasteiger partial charge is 0.385 e. The molecule has 0 spiro atoms. The van der Waals surface area contributed by atoms with Crippen LogP contribution in [0, 0.1) is 13.8 Å². The minimum Gasteiger partial charge on any atom is -0.385 e. The number of nitrogens with one attached hydrogen (secondary N) is 1. The zero-order valence-electron chi connectivity index (χ0n) is 17.1. The van der Waals surface area contributed by atoms with Crippen molar-refractivity contribution in [1.29, 1.82) is 0 Å². The first-order chi connectivity index (χ1) is 14.4. The molecule has 8 nitrogen and oxygen atoms in total. The van der Waals surface area contributed by atoms with Gasteiger partial charge in [-0.25, -0.2) is 13.4 Å². The monoisotopic (exact) mass is 425 g/mol. The number of aromatic nitrogens is 4. The molecule has 0 radical (unpaired) electrons. The number of rotatable bonds is 7. The topological polar surface area (TPSA) is 98.5 Å². The third-order valence-electron chi connectivity index (χ3n) is 4.93. The Hall–Kier alpha value is -3.04. The first kappa shape index (κ1) is 20.2. The van der Waals surface area contributed by atoms with Crippen LogP contribution in [-0.4, -0.2) is 48.5 Å². The molecular weight excluding hydrogens is 402 g/mol. The minimum atomic E-state index is -3.89. The Morgan fingerprint density at radius 3 is 2.73 bits per heavy atom. The number of nitrogens with zero attached hydrogens (tertiary/aromatic N) is 4. The summed E-state index contributed by atoms with van der Waals surface area (Å²) in [6, 6.07) is 12.9. The molecule has 156 valence electrons. The Morgan fingerprint density at radius 1 is 1.13 bits per heavy atom. The van der Waals surface area contributed by atoms with E-state index in [4.69, 9.17) is 4.74 Å². The number of fused-ring (bicyclic) bond motifs is 3. The summed E-state index contributed by atoms with van der Waals surface area (Å²) in [6.45, 7) is 4.88. The Morgan fingerprint density at radius 2 is 1.93 bits per heavy atom. The Bertz CT molecular complexity index is 1330. The molecule has 0 atom stereocenters. The van der Waals surface area contributed by atoms with E-state index in [0.29, 0.717) is 24.5 Å². The van der Waals surface area contributed by atoms with Gasteiger partial charge in [0.2, 0.25) is 14.9 Å². The molecule has 0 bridgehead atoms. The molecular formula is C21H23N5O3S. The summed E-state index contributed by atoms with van der Waals surface area (Å²) in [5, 5.41) is 12.1. The summed E-state index contributed by atoms with van der Waals surface area (Å²) >= 11 is 0. The second-order valence-electron chi connectivity index (χ2n) is 7.15. The summed E-state index contributed by atoms with van der Waals surface area (Å²) in [5.41, 5.74) is 2.44. The molecule has 0 aliphatic carbocycles. The van der Waals surface area contributed by atoms with Crippen molar-refractivity contribution in [3.05, 3.63) is 53.6 Å². The van der Waals surface area contributed by atoms with E-state index in [1.165, 1.54) is 4.52 Å². The van der Waals surface area contributed by atoms with Gasteiger partial charge in [-0.2, -0.15) is 4.52 Å². The predicted octanol–water partition coefficient (Wildman–Crippen LogP) is 3.18. The first-order valence-electron chi connectivity index (χ1n) is 9.63. The molecule has 9 heteroatoms. The van der Waals surface area contributed by atoms with E-state index >= 15 is 0 Å². The van der Waals surface area contributed by atoms with Crippen molar-refractivity contribution in [3.8, 4) is 0 Å². The van der Waals surface area contributed by atoms with Gasteiger partial charge in [-0.15, -0.1) is 5.10 Å². The highest BCUT2D eigenvalue weighted by molar-refractivity contribution is 7.91. The van der Waals surface area contributed by atoms with Crippen molar-refractivity contribution in [2.75, 3.05) is 25.6 Å². The minimum absolute atomic E-state index is 0.151. The lowest BCUT2D eigenvalue weighted by Crippen LogP contribution is -2.10. The Balaban J connectivity index is 1.90. The molecule has 0 amide bonds. The highest BCUT2D eigenvalue weighted by atomic mass is 32.2. The van der Waals surface area contributed by atoms with Crippen LogP contribution in [0.1, 0.15) is 17.5 Å². The van der Waals surface area contributed by atoms with Crippen LogP contribution < -0.4 is 5.32 Å². The summed E-state index contributed by atoms with van der Waals surface area (Å²) in [5.74, 6) is 0.592. The van der Waals surface area contributed by atoms with Gasteiger partial charge in [0.05, 0.1) is 10.4 Å². The maximum Gasteiger partial charge on any atom is 0.229 e. The van der Waals surface area contributed by atoms with Gasteiger partial charge in [0.25, 0.3) is 0 Å². The fourth-order valence-electron chi connectivity index (χ4n) is 3.38. The molecule has 0 aliphatic heterocycles. The Labute approximate surface area is 174 Å². The number of methoxy groups -OCH3 is 1. The number of anilines is 1. The zero-order chi connectivity index (χ0) is 21.3. The molecule has 0 saturated carbocycles. The van der Waals surface area contributed by atoms with Gasteiger partial charge < -0.3 is 10.1 Å². The van der Waals surface area contributed by atoms with Crippen LogP contribution in [-0.2, 0) is 14.6 Å². The molecule has 0 fully saturated rings. The summed E-state index contributed by atoms with van der Waals surface area (Å²) in [4.78, 5) is 4.83. The van der Waals surface area contributed by atoms with E-state index in [1.807, 2.05) is 37.3 Å². The molecule has 1 N–H and O–H groups in total. The van der Waals surface area contributed by atoms with Crippen molar-refractivity contribution >= 4 is 32.2 Å². The van der Waals surface area contributed by atoms with E-state index in [-0.39, 0.29) is 15.6 Å². The van der Waals surface area contributed by atoms with Crippen LogP contribution >= 0.6 is 0 Å². The quantitative estimate of drug-likeness (QED) is 0.454. The summed E-state index contributed by atoms with van der Waals surface area (Å²) < 4.78 is 33.4. The number of aryl methyl sites for hydroxylation is 2. The molecule has 0 aliphatic rings. The number of hydrogen-bond acceptors (Lipinski definition) is 7. The van der Waals surface area contributed by atoms with Crippen molar-refractivity contribution in [2.24, 2.45) is 0 Å². The van der Waals surface area contributed by atoms with Gasteiger partial charge in [0.1, 0.15) is 5.82 Å². The van der Waals surface area contributed by atoms with Gasteiger partial charge in [0.15, 0.2) is 5.65 Å². The van der Waals surface area contributed by atoms with Crippen LogP contribution in [0.25, 0.3) is 16.6 Å². The SMILES string of the molecule is COCCCNc1nc2c(S(=O)(=O)c3cc(C)ccc3C)nnn2c2ccccc12. The smallest absolute Gasteiger partial charge is 0.229 e. The van der Waals surface area contributed by atoms with Crippen LogP contribution in [0.3, 0.4) is 0 Å². The number of hydrogen-bond donors (Lipinski definition) is 1. The number of ether oxygens (including phenoxy) is 1. The third kappa shape index (κ3) is 3.50. The summed E-state index contributed by atoms with van der Waals surface area (Å²) in [6.07, 6.45) is 0.794. The lowest BCUT2D eigenvalue weighted by Gasteiger charge is -2.11. The average molecular weight is 426 g/mol. The maximum absolute atomic E-state index is 13.4. The molecule has 0 unspecified atom stereocenters. The zero-order valence-corrected chi connectivity index (χ0v) is 17.9. The van der Waals surface area contributed by atoms with Crippen molar-refractivity contribution in [3.63, 3.8) is 0 Å². The van der Waals surface area contributed by atoms with Crippen LogP contribution in [0.2, 0.25) is 0 Å². The molecule has 4 aromatic rings. The number of benzene rings is 2. The van der Waals surface area contributed by atoms with Gasteiger partial charge in [0, 0.05) is 25.6 Å². The average Bonchev–Trinajstić information content (AvgIpc) is 3.18. The van der Waals surface area contributed by atoms with Crippen LogP contribution in [0.15, 0.2) is 52.4 Å². The fraction of sp³-hybridized carbons (Fsp3) is 0.286. The molecule has 2 aromatic carbocycles. The van der Waals surface area contributed by atoms with E-state index in [1.54, 1.807) is 26.2 Å². The van der Waals surface area contributed by atoms with E-state index in [9.17, 15) is 8.42 Å². The normalized spacial score (nSPS) is 12.0. The second kappa shape index (κ2) is 8.00. The number of sulfone groups is 1. The number of para-hydroxylation sites is 1. The van der Waals surface area contributed by atoms with E-state index in [0.717, 1.165) is 22.9 Å². The van der Waals surface area contributed by atoms with Crippen molar-refractivity contribution in [1.82, 2.24) is 19.8 Å². The molecule has 0 saturated heterocycles. The Kier molecular flexibility index (Phi) is 5.40. The molecule has 4 rings (SSSR count). The third-order valence-corrected chi connectivity index (χ3v) is 6.72. The molecule has 30 heavy (non-hydrogen) atoms. The highest BCUT2D eigenvalue weighted by Gasteiger charge is 2.28. The molecule has 2 heterocycles. The first-order valence-corrected chi connectivity index (χ1v) is 11.1. The molecule has 2 aromatic heterocycles. The van der Waals surface area contributed by atoms with Gasteiger partial charge in [-0.05, 0) is 49.6 Å². The lowest BCUT2D eigenvalue weighted by molar-refractivity contribution is 0.198. The van der Waals surface area contributed by atoms with Gasteiger partial charge >= 0.3 is 0 Å². The predicted molar refractivity (Wildman–Crippen MR) is 115 cm³/mol. The van der Waals surface area contributed by atoms with Crippen LogP contribution in [0.4, 0.5) is 5.82 Å². The second-order valence-corrected chi connectivity index (χ2v) is 8.99. The maximum atomic E-state index is 13.4. The van der Waals surface area contributed by atoms with Crippen molar-refractivity contribution < 1.29 is 13.2 Å². The van der Waals surface area contributed by atoms with Gasteiger partial charge in [-0.3, -0.25) is 0 Å². The van der Waals surface area contributed by atoms with E-state index < -0.39 is 9.84 Å². The lowest BCUT2D eigenvalue weighted by atomic mass is 10.2. The van der Waals surface area contributed by atoms with Crippen molar-refractivity contribution in [2.45, 2.75) is 30.2 Å². The van der Waals surface area contributed by atoms with Crippen LogP contribution in [0.5, 0.6) is 0 Å². The highest BCUT2D eigenvalue weighted by Crippen LogP contribution is 2.29. The van der Waals surface area contributed by atoms with E-state index in [2.05, 4.69) is 20.6 Å². The fourth-order valence-corrected chi connectivity index (χ4v) is 4.94. The summed E-state index contributed by atoms with van der Waals surface area (Å²) in [7, 11) is -2.24.